The topological polar surface area (TPSA) is 77.8 Å². The van der Waals surface area contributed by atoms with Crippen LogP contribution in [0.4, 0.5) is 0 Å². The Morgan fingerprint density at radius 3 is 2.62 bits per heavy atom. The highest BCUT2D eigenvalue weighted by Crippen LogP contribution is 2.27. The molecule has 0 saturated carbocycles. The quantitative estimate of drug-likeness (QED) is 0.713. The van der Waals surface area contributed by atoms with Gasteiger partial charge in [0.2, 0.25) is 0 Å². The summed E-state index contributed by atoms with van der Waals surface area (Å²) in [4.78, 5) is 23.6. The number of aliphatic hydroxyl groups is 1. The van der Waals surface area contributed by atoms with Gasteiger partial charge in [0.15, 0.2) is 5.78 Å². The second-order valence-electron chi connectivity index (χ2n) is 3.65. The van der Waals surface area contributed by atoms with Crippen molar-refractivity contribution >= 4 is 11.8 Å². The molecule has 1 heterocycles. The van der Waals surface area contributed by atoms with E-state index in [0.29, 0.717) is 0 Å². The first-order valence-corrected chi connectivity index (χ1v) is 4.97. The highest BCUT2D eigenvalue weighted by Gasteiger charge is 2.31. The molecule has 0 aromatic heterocycles. The molecule has 16 heavy (non-hydrogen) atoms. The van der Waals surface area contributed by atoms with Gasteiger partial charge in [0.25, 0.3) is 0 Å². The first-order chi connectivity index (χ1) is 7.51. The minimum absolute atomic E-state index is 0.125. The summed E-state index contributed by atoms with van der Waals surface area (Å²) in [7, 11) is 1.63. The van der Waals surface area contributed by atoms with Gasteiger partial charge in [0.05, 0.1) is 6.04 Å². The number of hydrogen-bond donors (Lipinski definition) is 2. The summed E-state index contributed by atoms with van der Waals surface area (Å²) < 4.78 is 0. The number of allylic oxidation sites excluding steroid dienone is 1. The van der Waals surface area contributed by atoms with Gasteiger partial charge < -0.3 is 15.1 Å². The van der Waals surface area contributed by atoms with Crippen molar-refractivity contribution in [3.05, 3.63) is 23.4 Å². The lowest BCUT2D eigenvalue weighted by Gasteiger charge is -2.23. The minimum Gasteiger partial charge on any atom is -0.477 e. The molecule has 0 amide bonds. The SMILES string of the molecule is CC=C1C=C(C(=O)O)N(C)C1CC(=O)CO. The van der Waals surface area contributed by atoms with Crippen LogP contribution in [-0.2, 0) is 9.59 Å². The number of hydrogen-bond acceptors (Lipinski definition) is 4. The van der Waals surface area contributed by atoms with Gasteiger partial charge in [-0.25, -0.2) is 4.79 Å². The molecule has 0 aromatic rings. The van der Waals surface area contributed by atoms with E-state index in [1.165, 1.54) is 0 Å². The minimum atomic E-state index is -1.01. The highest BCUT2D eigenvalue weighted by atomic mass is 16.4. The highest BCUT2D eigenvalue weighted by molar-refractivity contribution is 5.88. The molecule has 1 rings (SSSR count). The summed E-state index contributed by atoms with van der Waals surface area (Å²) in [5.41, 5.74) is 0.963. The van der Waals surface area contributed by atoms with Crippen LogP contribution in [0.1, 0.15) is 13.3 Å². The van der Waals surface area contributed by atoms with Crippen LogP contribution >= 0.6 is 0 Å². The number of carbonyl (C=O) groups is 2. The molecular weight excluding hydrogens is 210 g/mol. The molecule has 0 radical (unpaired) electrons. The van der Waals surface area contributed by atoms with Crippen LogP contribution in [0.5, 0.6) is 0 Å². The van der Waals surface area contributed by atoms with E-state index in [1.807, 2.05) is 0 Å². The predicted octanol–water partition coefficient (Wildman–Crippen LogP) is 0.167. The molecule has 0 aromatic carbocycles. The van der Waals surface area contributed by atoms with E-state index in [4.69, 9.17) is 10.2 Å². The number of carboxylic acids is 1. The standard InChI is InChI=1S/C11H15NO4/c1-3-7-4-10(11(15)16)12(2)9(7)5-8(14)6-13/h3-4,9,13H,5-6H2,1-2H3,(H,15,16). The maximum absolute atomic E-state index is 11.2. The number of Topliss-reactive ketones (excluding diaryl/α,β-unsaturated/α-hetero) is 1. The molecule has 0 fully saturated rings. The van der Waals surface area contributed by atoms with Crippen LogP contribution in [0, 0.1) is 0 Å². The molecule has 1 aliphatic rings. The third-order valence-electron chi connectivity index (χ3n) is 2.69. The number of aliphatic carboxylic acids is 1. The molecule has 1 aliphatic heterocycles. The van der Waals surface area contributed by atoms with E-state index in [2.05, 4.69) is 0 Å². The Balaban J connectivity index is 2.89. The fourth-order valence-corrected chi connectivity index (χ4v) is 1.77. The van der Waals surface area contributed by atoms with Crippen LogP contribution in [0.15, 0.2) is 23.4 Å². The smallest absolute Gasteiger partial charge is 0.352 e. The number of rotatable bonds is 4. The fourth-order valence-electron chi connectivity index (χ4n) is 1.77. The second kappa shape index (κ2) is 4.94. The van der Waals surface area contributed by atoms with Gasteiger partial charge in [-0.3, -0.25) is 4.79 Å². The second-order valence-corrected chi connectivity index (χ2v) is 3.65. The van der Waals surface area contributed by atoms with Crippen LogP contribution in [-0.4, -0.2) is 46.6 Å². The fraction of sp³-hybridized carbons (Fsp3) is 0.455. The van der Waals surface area contributed by atoms with Crippen molar-refractivity contribution in [2.45, 2.75) is 19.4 Å². The predicted molar refractivity (Wildman–Crippen MR) is 57.7 cm³/mol. The van der Waals surface area contributed by atoms with Crippen LogP contribution in [0.25, 0.3) is 0 Å². The third-order valence-corrected chi connectivity index (χ3v) is 2.69. The molecule has 5 heteroatoms. The van der Waals surface area contributed by atoms with Gasteiger partial charge in [0, 0.05) is 13.5 Å². The summed E-state index contributed by atoms with van der Waals surface area (Å²) in [6.07, 6.45) is 3.46. The van der Waals surface area contributed by atoms with Crippen molar-refractivity contribution in [2.75, 3.05) is 13.7 Å². The molecule has 1 unspecified atom stereocenters. The van der Waals surface area contributed by atoms with Gasteiger partial charge in [-0.2, -0.15) is 0 Å². The van der Waals surface area contributed by atoms with E-state index in [0.717, 1.165) is 5.57 Å². The lowest BCUT2D eigenvalue weighted by atomic mass is 10.0. The Morgan fingerprint density at radius 2 is 2.19 bits per heavy atom. The Labute approximate surface area is 93.7 Å². The molecule has 0 spiro atoms. The maximum Gasteiger partial charge on any atom is 0.352 e. The summed E-state index contributed by atoms with van der Waals surface area (Å²) in [6, 6.07) is -0.282. The van der Waals surface area contributed by atoms with E-state index in [9.17, 15) is 9.59 Å². The van der Waals surface area contributed by atoms with Crippen molar-refractivity contribution in [2.24, 2.45) is 0 Å². The van der Waals surface area contributed by atoms with Gasteiger partial charge in [0.1, 0.15) is 12.3 Å². The Hall–Kier alpha value is -1.62. The molecule has 0 aliphatic carbocycles. The summed E-state index contributed by atoms with van der Waals surface area (Å²) >= 11 is 0. The van der Waals surface area contributed by atoms with Crippen molar-refractivity contribution in [3.63, 3.8) is 0 Å². The first kappa shape index (κ1) is 12.4. The number of aliphatic hydroxyl groups excluding tert-OH is 1. The van der Waals surface area contributed by atoms with Gasteiger partial charge in [-0.1, -0.05) is 6.08 Å². The lowest BCUT2D eigenvalue weighted by Crippen LogP contribution is -2.32. The number of ketones is 1. The van der Waals surface area contributed by atoms with E-state index in [-0.39, 0.29) is 23.9 Å². The average molecular weight is 225 g/mol. The van der Waals surface area contributed by atoms with E-state index in [1.54, 1.807) is 31.0 Å². The zero-order valence-electron chi connectivity index (χ0n) is 9.30. The molecule has 0 bridgehead atoms. The molecule has 2 N–H and O–H groups in total. The zero-order chi connectivity index (χ0) is 12.3. The maximum atomic E-state index is 11.2. The average Bonchev–Trinajstić information content (AvgIpc) is 2.56. The normalized spacial score (nSPS) is 22.4. The van der Waals surface area contributed by atoms with Crippen molar-refractivity contribution in [1.82, 2.24) is 4.90 Å². The monoisotopic (exact) mass is 225 g/mol. The van der Waals surface area contributed by atoms with Gasteiger partial charge >= 0.3 is 5.97 Å². The van der Waals surface area contributed by atoms with E-state index >= 15 is 0 Å². The Bertz CT molecular complexity index is 370. The third kappa shape index (κ3) is 2.30. The molecule has 5 nitrogen and oxygen atoms in total. The lowest BCUT2D eigenvalue weighted by molar-refractivity contribution is -0.134. The number of carboxylic acid groups (broad SMARTS) is 1. The van der Waals surface area contributed by atoms with Crippen LogP contribution < -0.4 is 0 Å². The largest absolute Gasteiger partial charge is 0.477 e. The van der Waals surface area contributed by atoms with Crippen LogP contribution in [0.3, 0.4) is 0 Å². The Morgan fingerprint density at radius 1 is 1.56 bits per heavy atom. The number of carbonyl (C=O) groups excluding carboxylic acids is 1. The zero-order valence-corrected chi connectivity index (χ0v) is 9.30. The van der Waals surface area contributed by atoms with E-state index < -0.39 is 12.6 Å². The van der Waals surface area contributed by atoms with Crippen LogP contribution in [0.2, 0.25) is 0 Å². The number of nitrogens with zero attached hydrogens (tertiary/aromatic N) is 1. The van der Waals surface area contributed by atoms with Crippen molar-refractivity contribution < 1.29 is 19.8 Å². The summed E-state index contributed by atoms with van der Waals surface area (Å²) in [5.74, 6) is -1.31. The molecule has 1 atom stereocenters. The summed E-state index contributed by atoms with van der Waals surface area (Å²) in [5, 5.41) is 17.6. The first-order valence-electron chi connectivity index (χ1n) is 4.97. The number of likely N-dealkylation sites (N-methyl/N-ethyl adjacent to an activating group) is 1. The summed E-state index contributed by atoms with van der Waals surface area (Å²) in [6.45, 7) is 1.28. The molecule has 88 valence electrons. The van der Waals surface area contributed by atoms with Gasteiger partial charge in [-0.15, -0.1) is 0 Å². The molecule has 0 saturated heterocycles. The van der Waals surface area contributed by atoms with Crippen molar-refractivity contribution in [1.29, 1.82) is 0 Å². The van der Waals surface area contributed by atoms with Crippen molar-refractivity contribution in [3.8, 4) is 0 Å². The van der Waals surface area contributed by atoms with Gasteiger partial charge in [-0.05, 0) is 18.6 Å². The molecular formula is C11H15NO4. The Kier molecular flexibility index (Phi) is 3.84.